The predicted molar refractivity (Wildman–Crippen MR) is 75.2 cm³/mol. The van der Waals surface area contributed by atoms with E-state index in [1.807, 2.05) is 37.6 Å². The van der Waals surface area contributed by atoms with Gasteiger partial charge in [-0.2, -0.15) is 11.3 Å². The first kappa shape index (κ1) is 14.3. The van der Waals surface area contributed by atoms with E-state index in [9.17, 15) is 9.90 Å². The van der Waals surface area contributed by atoms with Gasteiger partial charge >= 0.3 is 6.09 Å². The highest BCUT2D eigenvalue weighted by atomic mass is 32.1. The van der Waals surface area contributed by atoms with Crippen molar-refractivity contribution < 1.29 is 14.6 Å². The third kappa shape index (κ3) is 3.70. The van der Waals surface area contributed by atoms with E-state index in [0.717, 1.165) is 12.0 Å². The summed E-state index contributed by atoms with van der Waals surface area (Å²) < 4.78 is 5.35. The largest absolute Gasteiger partial charge is 0.444 e. The fourth-order valence-electron chi connectivity index (χ4n) is 2.25. The molecule has 1 aliphatic heterocycles. The van der Waals surface area contributed by atoms with E-state index < -0.39 is 11.7 Å². The molecule has 2 atom stereocenters. The van der Waals surface area contributed by atoms with Crippen LogP contribution in [0.1, 0.15) is 38.9 Å². The molecule has 1 N–H and O–H groups in total. The highest BCUT2D eigenvalue weighted by molar-refractivity contribution is 7.07. The van der Waals surface area contributed by atoms with Gasteiger partial charge in [0.25, 0.3) is 0 Å². The van der Waals surface area contributed by atoms with Gasteiger partial charge in [-0.1, -0.05) is 0 Å². The van der Waals surface area contributed by atoms with Crippen molar-refractivity contribution in [3.05, 3.63) is 22.4 Å². The minimum absolute atomic E-state index is 0.0992. The molecular weight excluding hydrogens is 262 g/mol. The van der Waals surface area contributed by atoms with Crippen LogP contribution in [0.3, 0.4) is 0 Å². The van der Waals surface area contributed by atoms with Gasteiger partial charge in [-0.05, 0) is 49.6 Å². The number of carbonyl (C=O) groups excluding carboxylic acids is 1. The maximum absolute atomic E-state index is 11.9. The number of ether oxygens (including phenoxy) is 1. The summed E-state index contributed by atoms with van der Waals surface area (Å²) in [5, 5.41) is 14.2. The van der Waals surface area contributed by atoms with Gasteiger partial charge in [-0.3, -0.25) is 0 Å². The van der Waals surface area contributed by atoms with Crippen LogP contribution < -0.4 is 0 Å². The summed E-state index contributed by atoms with van der Waals surface area (Å²) in [6, 6.07) is 1.94. The van der Waals surface area contributed by atoms with E-state index in [1.54, 1.807) is 16.2 Å². The molecule has 1 aliphatic rings. The number of amides is 1. The summed E-state index contributed by atoms with van der Waals surface area (Å²) in [7, 11) is 0. The quantitative estimate of drug-likeness (QED) is 0.907. The number of nitrogens with zero attached hydrogens (tertiary/aromatic N) is 1. The molecule has 5 heteroatoms. The molecule has 2 heterocycles. The number of hydrogen-bond donors (Lipinski definition) is 1. The number of aliphatic hydroxyl groups excluding tert-OH is 1. The van der Waals surface area contributed by atoms with Crippen LogP contribution in [-0.4, -0.2) is 34.8 Å². The summed E-state index contributed by atoms with van der Waals surface area (Å²) in [5.74, 6) is 0.0992. The summed E-state index contributed by atoms with van der Waals surface area (Å²) in [6.45, 7) is 6.79. The fraction of sp³-hybridized carbons (Fsp3) is 0.643. The Morgan fingerprint density at radius 1 is 1.58 bits per heavy atom. The van der Waals surface area contributed by atoms with Gasteiger partial charge < -0.3 is 14.7 Å². The van der Waals surface area contributed by atoms with Crippen LogP contribution in [0.5, 0.6) is 0 Å². The van der Waals surface area contributed by atoms with Crippen LogP contribution in [0.25, 0.3) is 0 Å². The molecule has 1 fully saturated rings. The van der Waals surface area contributed by atoms with Crippen molar-refractivity contribution in [1.82, 2.24) is 4.90 Å². The van der Waals surface area contributed by atoms with Crippen LogP contribution >= 0.6 is 11.3 Å². The standard InChI is InChI=1S/C14H21NO3S/c1-14(2,3)18-13(17)15-6-4-10(8-15)12(16)11-5-7-19-9-11/h5,7,9-10,12,16H,4,6,8H2,1-3H3. The third-order valence-corrected chi connectivity index (χ3v) is 3.91. The number of rotatable bonds is 2. The highest BCUT2D eigenvalue weighted by Gasteiger charge is 2.33. The third-order valence-electron chi connectivity index (χ3n) is 3.21. The molecule has 0 bridgehead atoms. The zero-order chi connectivity index (χ0) is 14.0. The Morgan fingerprint density at radius 2 is 2.32 bits per heavy atom. The van der Waals surface area contributed by atoms with Gasteiger partial charge in [0.15, 0.2) is 0 Å². The Hall–Kier alpha value is -1.07. The van der Waals surface area contributed by atoms with Crippen molar-refractivity contribution >= 4 is 17.4 Å². The molecule has 1 saturated heterocycles. The zero-order valence-corrected chi connectivity index (χ0v) is 12.4. The molecule has 2 rings (SSSR count). The van der Waals surface area contributed by atoms with Gasteiger partial charge in [0.05, 0.1) is 6.10 Å². The molecule has 0 radical (unpaired) electrons. The average Bonchev–Trinajstić information content (AvgIpc) is 2.98. The second-order valence-corrected chi connectivity index (χ2v) is 6.76. The average molecular weight is 283 g/mol. The lowest BCUT2D eigenvalue weighted by Gasteiger charge is -2.25. The number of hydrogen-bond acceptors (Lipinski definition) is 4. The van der Waals surface area contributed by atoms with Gasteiger partial charge in [-0.15, -0.1) is 0 Å². The second kappa shape index (κ2) is 5.51. The number of aliphatic hydroxyl groups is 1. The van der Waals surface area contributed by atoms with Gasteiger partial charge in [-0.25, -0.2) is 4.79 Å². The first-order valence-corrected chi connectivity index (χ1v) is 7.49. The maximum Gasteiger partial charge on any atom is 0.410 e. The van der Waals surface area contributed by atoms with E-state index in [2.05, 4.69) is 0 Å². The Morgan fingerprint density at radius 3 is 2.89 bits per heavy atom. The summed E-state index contributed by atoms with van der Waals surface area (Å²) in [6.07, 6.45) is 0.0437. The Kier molecular flexibility index (Phi) is 4.16. The summed E-state index contributed by atoms with van der Waals surface area (Å²) in [4.78, 5) is 13.6. The molecule has 106 valence electrons. The van der Waals surface area contributed by atoms with Crippen molar-refractivity contribution in [3.63, 3.8) is 0 Å². The number of thiophene rings is 1. The lowest BCUT2D eigenvalue weighted by molar-refractivity contribution is 0.0268. The van der Waals surface area contributed by atoms with Crippen molar-refractivity contribution in [2.45, 2.75) is 38.9 Å². The Balaban J connectivity index is 1.91. The molecule has 19 heavy (non-hydrogen) atoms. The van der Waals surface area contributed by atoms with Gasteiger partial charge in [0.2, 0.25) is 0 Å². The van der Waals surface area contributed by atoms with Crippen molar-refractivity contribution in [2.24, 2.45) is 5.92 Å². The van der Waals surface area contributed by atoms with E-state index in [1.165, 1.54) is 0 Å². The minimum Gasteiger partial charge on any atom is -0.444 e. The van der Waals surface area contributed by atoms with Gasteiger partial charge in [0, 0.05) is 19.0 Å². The van der Waals surface area contributed by atoms with Crippen LogP contribution in [0, 0.1) is 5.92 Å². The van der Waals surface area contributed by atoms with Crippen molar-refractivity contribution in [3.8, 4) is 0 Å². The fourth-order valence-corrected chi connectivity index (χ4v) is 2.94. The van der Waals surface area contributed by atoms with Crippen LogP contribution in [-0.2, 0) is 4.74 Å². The van der Waals surface area contributed by atoms with Crippen molar-refractivity contribution in [1.29, 1.82) is 0 Å². The molecule has 1 amide bonds. The topological polar surface area (TPSA) is 49.8 Å². The normalized spacial score (nSPS) is 21.5. The minimum atomic E-state index is -0.487. The maximum atomic E-state index is 11.9. The van der Waals surface area contributed by atoms with E-state index in [-0.39, 0.29) is 12.0 Å². The SMILES string of the molecule is CC(C)(C)OC(=O)N1CCC(C(O)c2ccsc2)C1. The molecule has 0 spiro atoms. The van der Waals surface area contributed by atoms with E-state index in [4.69, 9.17) is 4.74 Å². The lowest BCUT2D eigenvalue weighted by atomic mass is 9.97. The summed E-state index contributed by atoms with van der Waals surface area (Å²) >= 11 is 1.58. The monoisotopic (exact) mass is 283 g/mol. The molecule has 0 aliphatic carbocycles. The smallest absolute Gasteiger partial charge is 0.410 e. The first-order valence-electron chi connectivity index (χ1n) is 6.55. The summed E-state index contributed by atoms with van der Waals surface area (Å²) in [5.41, 5.74) is 0.474. The number of carbonyl (C=O) groups is 1. The van der Waals surface area contributed by atoms with Crippen molar-refractivity contribution in [2.75, 3.05) is 13.1 Å². The van der Waals surface area contributed by atoms with Crippen LogP contribution in [0.4, 0.5) is 4.79 Å². The molecule has 2 unspecified atom stereocenters. The predicted octanol–water partition coefficient (Wildman–Crippen LogP) is 3.04. The molecule has 4 nitrogen and oxygen atoms in total. The molecule has 1 aromatic rings. The Bertz CT molecular complexity index is 424. The molecular formula is C14H21NO3S. The molecule has 0 saturated carbocycles. The van der Waals surface area contributed by atoms with Crippen LogP contribution in [0.2, 0.25) is 0 Å². The zero-order valence-electron chi connectivity index (χ0n) is 11.6. The molecule has 0 aromatic carbocycles. The Labute approximate surface area is 118 Å². The second-order valence-electron chi connectivity index (χ2n) is 5.98. The van der Waals surface area contributed by atoms with Gasteiger partial charge in [0.1, 0.15) is 5.60 Å². The van der Waals surface area contributed by atoms with E-state index >= 15 is 0 Å². The van der Waals surface area contributed by atoms with Crippen LogP contribution in [0.15, 0.2) is 16.8 Å². The van der Waals surface area contributed by atoms with E-state index in [0.29, 0.717) is 13.1 Å². The molecule has 1 aromatic heterocycles. The first-order chi connectivity index (χ1) is 8.87. The lowest BCUT2D eigenvalue weighted by Crippen LogP contribution is -2.35. The highest BCUT2D eigenvalue weighted by Crippen LogP contribution is 2.31. The number of likely N-dealkylation sites (tertiary alicyclic amines) is 1.